The normalized spacial score (nSPS) is 23.3. The van der Waals surface area contributed by atoms with E-state index in [1.54, 1.807) is 0 Å². The predicted octanol–water partition coefficient (Wildman–Crippen LogP) is 3.78. The van der Waals surface area contributed by atoms with Gasteiger partial charge < -0.3 is 5.32 Å². The number of hydrogen-bond donors (Lipinski definition) is 1. The van der Waals surface area contributed by atoms with Gasteiger partial charge in [-0.25, -0.2) is 9.97 Å². The van der Waals surface area contributed by atoms with Gasteiger partial charge in [-0.3, -0.25) is 0 Å². The lowest BCUT2D eigenvalue weighted by Gasteiger charge is -2.14. The monoisotopic (exact) mass is 285 g/mol. The summed E-state index contributed by atoms with van der Waals surface area (Å²) in [7, 11) is 0. The molecular weight excluding hydrogens is 266 g/mol. The molecule has 0 radical (unpaired) electrons. The molecule has 0 amide bonds. The van der Waals surface area contributed by atoms with Crippen LogP contribution in [0.15, 0.2) is 6.07 Å². The summed E-state index contributed by atoms with van der Waals surface area (Å²) in [5.74, 6) is 2.89. The summed E-state index contributed by atoms with van der Waals surface area (Å²) >= 11 is 8.06. The van der Waals surface area contributed by atoms with Crippen molar-refractivity contribution in [3.63, 3.8) is 0 Å². The Morgan fingerprint density at radius 1 is 1.39 bits per heavy atom. The van der Waals surface area contributed by atoms with Crippen LogP contribution in [-0.4, -0.2) is 27.0 Å². The van der Waals surface area contributed by atoms with Crippen molar-refractivity contribution in [1.29, 1.82) is 0 Å². The number of halogens is 1. The molecule has 0 aromatic carbocycles. The van der Waals surface area contributed by atoms with Crippen LogP contribution in [0.1, 0.15) is 38.9 Å². The van der Waals surface area contributed by atoms with Crippen LogP contribution < -0.4 is 5.32 Å². The molecule has 1 heterocycles. The number of aryl methyl sites for hydroxylation is 1. The number of anilines is 1. The minimum Gasteiger partial charge on any atom is -0.367 e. The van der Waals surface area contributed by atoms with Crippen molar-refractivity contribution in [1.82, 2.24) is 9.97 Å². The molecule has 1 aromatic rings. The summed E-state index contributed by atoms with van der Waals surface area (Å²) in [5, 5.41) is 4.83. The molecular formula is C13H20ClN3S. The number of rotatable bonds is 5. The third-order valence-electron chi connectivity index (χ3n) is 3.20. The number of nitrogens with one attached hydrogen (secondary N) is 1. The second kappa shape index (κ2) is 6.62. The Hall–Kier alpha value is -0.480. The Kier molecular flexibility index (Phi) is 5.13. The van der Waals surface area contributed by atoms with E-state index >= 15 is 0 Å². The molecule has 2 unspecified atom stereocenters. The smallest absolute Gasteiger partial charge is 0.134 e. The highest BCUT2D eigenvalue weighted by Gasteiger charge is 2.24. The van der Waals surface area contributed by atoms with E-state index < -0.39 is 0 Å². The average molecular weight is 286 g/mol. The van der Waals surface area contributed by atoms with E-state index in [9.17, 15) is 0 Å². The highest BCUT2D eigenvalue weighted by Crippen LogP contribution is 2.31. The van der Waals surface area contributed by atoms with Crippen molar-refractivity contribution in [2.45, 2.75) is 50.8 Å². The molecule has 2 atom stereocenters. The van der Waals surface area contributed by atoms with Crippen LogP contribution in [0.3, 0.4) is 0 Å². The Bertz CT molecular complexity index is 400. The molecule has 0 bridgehead atoms. The van der Waals surface area contributed by atoms with Gasteiger partial charge in [-0.15, -0.1) is 0 Å². The molecule has 2 rings (SSSR count). The average Bonchev–Trinajstić information content (AvgIpc) is 2.76. The first-order valence-electron chi connectivity index (χ1n) is 6.62. The molecule has 1 saturated carbocycles. The van der Waals surface area contributed by atoms with Crippen molar-refractivity contribution < 1.29 is 0 Å². The first-order valence-corrected chi connectivity index (χ1v) is 8.05. The van der Waals surface area contributed by atoms with Crippen LogP contribution >= 0.6 is 23.4 Å². The van der Waals surface area contributed by atoms with Crippen molar-refractivity contribution in [2.24, 2.45) is 0 Å². The lowest BCUT2D eigenvalue weighted by molar-refractivity contribution is 0.748. The van der Waals surface area contributed by atoms with Gasteiger partial charge in [-0.2, -0.15) is 11.8 Å². The van der Waals surface area contributed by atoms with Gasteiger partial charge >= 0.3 is 0 Å². The molecule has 1 aliphatic rings. The van der Waals surface area contributed by atoms with Gasteiger partial charge in [0.2, 0.25) is 0 Å². The fourth-order valence-electron chi connectivity index (χ4n) is 2.36. The van der Waals surface area contributed by atoms with E-state index in [1.165, 1.54) is 25.0 Å². The Labute approximate surface area is 118 Å². The highest BCUT2D eigenvalue weighted by molar-refractivity contribution is 7.99. The number of hydrogen-bond acceptors (Lipinski definition) is 4. The van der Waals surface area contributed by atoms with Gasteiger partial charge in [-0.1, -0.05) is 25.4 Å². The van der Waals surface area contributed by atoms with Crippen LogP contribution in [0.2, 0.25) is 5.15 Å². The molecule has 5 heteroatoms. The molecule has 0 aliphatic heterocycles. The first-order chi connectivity index (χ1) is 8.71. The Morgan fingerprint density at radius 2 is 2.22 bits per heavy atom. The van der Waals surface area contributed by atoms with Gasteiger partial charge in [0.25, 0.3) is 0 Å². The summed E-state index contributed by atoms with van der Waals surface area (Å²) in [6.07, 6.45) is 4.56. The van der Waals surface area contributed by atoms with E-state index in [0.29, 0.717) is 11.2 Å². The van der Waals surface area contributed by atoms with E-state index in [-0.39, 0.29) is 0 Å². The summed E-state index contributed by atoms with van der Waals surface area (Å²) in [6, 6.07) is 2.35. The molecule has 18 heavy (non-hydrogen) atoms. The number of nitrogens with zero attached hydrogens (tertiary/aromatic N) is 2. The van der Waals surface area contributed by atoms with E-state index in [0.717, 1.165) is 23.3 Å². The van der Waals surface area contributed by atoms with Gasteiger partial charge in [0.15, 0.2) is 0 Å². The van der Waals surface area contributed by atoms with Crippen LogP contribution in [0, 0.1) is 0 Å². The lowest BCUT2D eigenvalue weighted by Crippen LogP contribution is -2.17. The second-order valence-electron chi connectivity index (χ2n) is 4.58. The molecule has 1 aliphatic carbocycles. The zero-order valence-electron chi connectivity index (χ0n) is 10.9. The van der Waals surface area contributed by atoms with Crippen molar-refractivity contribution >= 4 is 29.2 Å². The zero-order chi connectivity index (χ0) is 13.0. The predicted molar refractivity (Wildman–Crippen MR) is 79.6 cm³/mol. The first kappa shape index (κ1) is 13.9. The Balaban J connectivity index is 1.95. The standard InChI is InChI=1S/C13H20ClN3S/c1-3-12-16-11(14)8-13(17-12)15-9-5-6-10(7-9)18-4-2/h8-10H,3-7H2,1-2H3,(H,15,16,17). The van der Waals surface area contributed by atoms with Gasteiger partial charge in [0.05, 0.1) is 0 Å². The van der Waals surface area contributed by atoms with Crippen LogP contribution in [-0.2, 0) is 6.42 Å². The van der Waals surface area contributed by atoms with E-state index in [4.69, 9.17) is 11.6 Å². The third-order valence-corrected chi connectivity index (χ3v) is 4.62. The molecule has 0 spiro atoms. The summed E-state index contributed by atoms with van der Waals surface area (Å²) < 4.78 is 0. The maximum absolute atomic E-state index is 6.00. The SMILES string of the molecule is CCSC1CCC(Nc2cc(Cl)nc(CC)n2)C1. The minimum atomic E-state index is 0.529. The largest absolute Gasteiger partial charge is 0.367 e. The van der Waals surface area contributed by atoms with Crippen LogP contribution in [0.4, 0.5) is 5.82 Å². The molecule has 3 nitrogen and oxygen atoms in total. The quantitative estimate of drug-likeness (QED) is 0.836. The second-order valence-corrected chi connectivity index (χ2v) is 6.54. The third kappa shape index (κ3) is 3.75. The van der Waals surface area contributed by atoms with Gasteiger partial charge in [0, 0.05) is 23.8 Å². The maximum Gasteiger partial charge on any atom is 0.134 e. The summed E-state index contributed by atoms with van der Waals surface area (Å²) in [6.45, 7) is 4.27. The van der Waals surface area contributed by atoms with Crippen molar-refractivity contribution in [2.75, 3.05) is 11.1 Å². The Morgan fingerprint density at radius 3 is 2.94 bits per heavy atom. The van der Waals surface area contributed by atoms with Crippen LogP contribution in [0.25, 0.3) is 0 Å². The fourth-order valence-corrected chi connectivity index (χ4v) is 3.71. The molecule has 1 aromatic heterocycles. The number of aromatic nitrogens is 2. The molecule has 0 saturated heterocycles. The zero-order valence-corrected chi connectivity index (χ0v) is 12.5. The minimum absolute atomic E-state index is 0.529. The molecule has 1 N–H and O–H groups in total. The van der Waals surface area contributed by atoms with Crippen LogP contribution in [0.5, 0.6) is 0 Å². The highest BCUT2D eigenvalue weighted by atomic mass is 35.5. The summed E-state index contributed by atoms with van der Waals surface area (Å²) in [5.41, 5.74) is 0. The van der Waals surface area contributed by atoms with E-state index in [2.05, 4.69) is 34.0 Å². The molecule has 1 fully saturated rings. The summed E-state index contributed by atoms with van der Waals surface area (Å²) in [4.78, 5) is 8.65. The lowest BCUT2D eigenvalue weighted by atomic mass is 10.2. The van der Waals surface area contributed by atoms with Gasteiger partial charge in [-0.05, 0) is 25.0 Å². The van der Waals surface area contributed by atoms with Crippen molar-refractivity contribution in [3.8, 4) is 0 Å². The van der Waals surface area contributed by atoms with Crippen molar-refractivity contribution in [3.05, 3.63) is 17.0 Å². The topological polar surface area (TPSA) is 37.8 Å². The maximum atomic E-state index is 6.00. The number of thioether (sulfide) groups is 1. The fraction of sp³-hybridized carbons (Fsp3) is 0.692. The molecule has 100 valence electrons. The van der Waals surface area contributed by atoms with Gasteiger partial charge in [0.1, 0.15) is 16.8 Å². The van der Waals surface area contributed by atoms with E-state index in [1.807, 2.05) is 13.0 Å².